The number of piperazine rings is 1. The zero-order valence-electron chi connectivity index (χ0n) is 16.6. The SMILES string of the molecule is CC(C)CNC(=O)c1cccc(C(=O)N2CCN(Cc3ccccc3)CC2)n1. The fourth-order valence-corrected chi connectivity index (χ4v) is 3.18. The van der Waals surface area contributed by atoms with Gasteiger partial charge in [-0.1, -0.05) is 50.2 Å². The Morgan fingerprint density at radius 2 is 1.64 bits per heavy atom. The molecule has 6 heteroatoms. The fourth-order valence-electron chi connectivity index (χ4n) is 3.18. The minimum Gasteiger partial charge on any atom is -0.350 e. The second-order valence-electron chi connectivity index (χ2n) is 7.57. The van der Waals surface area contributed by atoms with Crippen LogP contribution in [0.15, 0.2) is 48.5 Å². The quantitative estimate of drug-likeness (QED) is 0.836. The molecule has 1 aromatic heterocycles. The molecule has 1 aliphatic rings. The van der Waals surface area contributed by atoms with E-state index in [9.17, 15) is 9.59 Å². The number of carbonyl (C=O) groups excluding carboxylic acids is 2. The van der Waals surface area contributed by atoms with Crippen LogP contribution in [0.4, 0.5) is 0 Å². The van der Waals surface area contributed by atoms with Gasteiger partial charge in [-0.15, -0.1) is 0 Å². The number of benzene rings is 1. The standard InChI is InChI=1S/C22H28N4O2/c1-17(2)15-23-21(27)19-9-6-10-20(24-19)22(28)26-13-11-25(12-14-26)16-18-7-4-3-5-8-18/h3-10,17H,11-16H2,1-2H3,(H,23,27). The number of pyridine rings is 1. The van der Waals surface area contributed by atoms with E-state index in [1.54, 1.807) is 18.2 Å². The van der Waals surface area contributed by atoms with Crippen LogP contribution in [0.2, 0.25) is 0 Å². The zero-order chi connectivity index (χ0) is 19.9. The molecule has 0 unspecified atom stereocenters. The molecule has 3 rings (SSSR count). The summed E-state index contributed by atoms with van der Waals surface area (Å²) in [5.74, 6) is 0.00912. The van der Waals surface area contributed by atoms with Gasteiger partial charge in [0.25, 0.3) is 11.8 Å². The van der Waals surface area contributed by atoms with E-state index < -0.39 is 0 Å². The van der Waals surface area contributed by atoms with Crippen molar-refractivity contribution in [3.8, 4) is 0 Å². The average Bonchev–Trinajstić information content (AvgIpc) is 2.73. The fraction of sp³-hybridized carbons (Fsp3) is 0.409. The van der Waals surface area contributed by atoms with E-state index >= 15 is 0 Å². The van der Waals surface area contributed by atoms with Gasteiger partial charge in [-0.25, -0.2) is 4.98 Å². The number of aromatic nitrogens is 1. The van der Waals surface area contributed by atoms with Gasteiger partial charge in [-0.05, 0) is 23.6 Å². The smallest absolute Gasteiger partial charge is 0.272 e. The van der Waals surface area contributed by atoms with E-state index in [0.717, 1.165) is 19.6 Å². The highest BCUT2D eigenvalue weighted by molar-refractivity contribution is 5.96. The summed E-state index contributed by atoms with van der Waals surface area (Å²) in [5.41, 5.74) is 1.90. The van der Waals surface area contributed by atoms with Gasteiger partial charge in [0.05, 0.1) is 0 Å². The second kappa shape index (κ2) is 9.46. The van der Waals surface area contributed by atoms with Crippen molar-refractivity contribution in [1.82, 2.24) is 20.1 Å². The minimum atomic E-state index is -0.240. The highest BCUT2D eigenvalue weighted by Gasteiger charge is 2.23. The first-order chi connectivity index (χ1) is 13.5. The van der Waals surface area contributed by atoms with Gasteiger partial charge >= 0.3 is 0 Å². The molecule has 2 amide bonds. The molecule has 2 heterocycles. The summed E-state index contributed by atoms with van der Waals surface area (Å²) in [6, 6.07) is 15.4. The van der Waals surface area contributed by atoms with Gasteiger partial charge in [-0.3, -0.25) is 14.5 Å². The Kier molecular flexibility index (Phi) is 6.76. The Morgan fingerprint density at radius 1 is 0.964 bits per heavy atom. The van der Waals surface area contributed by atoms with E-state index in [2.05, 4.69) is 27.3 Å². The van der Waals surface area contributed by atoms with Gasteiger partial charge in [0.15, 0.2) is 0 Å². The molecule has 28 heavy (non-hydrogen) atoms. The van der Waals surface area contributed by atoms with Crippen LogP contribution < -0.4 is 5.32 Å². The number of nitrogens with one attached hydrogen (secondary N) is 1. The number of amides is 2. The molecule has 0 aliphatic carbocycles. The van der Waals surface area contributed by atoms with Gasteiger partial charge in [0.1, 0.15) is 11.4 Å². The van der Waals surface area contributed by atoms with Crippen LogP contribution in [0, 0.1) is 5.92 Å². The van der Waals surface area contributed by atoms with Crippen molar-refractivity contribution in [3.05, 3.63) is 65.5 Å². The summed E-state index contributed by atoms with van der Waals surface area (Å²) in [4.78, 5) is 33.5. The van der Waals surface area contributed by atoms with Crippen molar-refractivity contribution in [2.45, 2.75) is 20.4 Å². The molecule has 0 saturated carbocycles. The molecular formula is C22H28N4O2. The van der Waals surface area contributed by atoms with E-state index in [-0.39, 0.29) is 17.5 Å². The largest absolute Gasteiger partial charge is 0.350 e. The maximum Gasteiger partial charge on any atom is 0.272 e. The van der Waals surface area contributed by atoms with Gasteiger partial charge in [0, 0.05) is 39.3 Å². The third-order valence-corrected chi connectivity index (χ3v) is 4.78. The summed E-state index contributed by atoms with van der Waals surface area (Å²) < 4.78 is 0. The zero-order valence-corrected chi connectivity index (χ0v) is 16.6. The maximum absolute atomic E-state index is 12.8. The number of hydrogen-bond acceptors (Lipinski definition) is 4. The van der Waals surface area contributed by atoms with Crippen LogP contribution in [0.1, 0.15) is 40.4 Å². The number of carbonyl (C=O) groups is 2. The lowest BCUT2D eigenvalue weighted by molar-refractivity contribution is 0.0622. The lowest BCUT2D eigenvalue weighted by Crippen LogP contribution is -2.48. The average molecular weight is 380 g/mol. The predicted molar refractivity (Wildman–Crippen MR) is 109 cm³/mol. The van der Waals surface area contributed by atoms with E-state index in [4.69, 9.17) is 0 Å². The first-order valence-corrected chi connectivity index (χ1v) is 9.83. The van der Waals surface area contributed by atoms with Crippen molar-refractivity contribution in [1.29, 1.82) is 0 Å². The van der Waals surface area contributed by atoms with Gasteiger partial charge in [0.2, 0.25) is 0 Å². The molecule has 0 radical (unpaired) electrons. The Hall–Kier alpha value is -2.73. The highest BCUT2D eigenvalue weighted by atomic mass is 16.2. The normalized spacial score (nSPS) is 14.9. The third kappa shape index (κ3) is 5.39. The first kappa shape index (κ1) is 20.0. The Morgan fingerprint density at radius 3 is 2.32 bits per heavy atom. The summed E-state index contributed by atoms with van der Waals surface area (Å²) in [6.45, 7) is 8.53. The van der Waals surface area contributed by atoms with Gasteiger partial charge in [-0.2, -0.15) is 0 Å². The second-order valence-corrected chi connectivity index (χ2v) is 7.57. The molecule has 1 saturated heterocycles. The Balaban J connectivity index is 1.56. The molecule has 0 spiro atoms. The van der Waals surface area contributed by atoms with Crippen molar-refractivity contribution >= 4 is 11.8 Å². The lowest BCUT2D eigenvalue weighted by atomic mass is 10.2. The predicted octanol–water partition coefficient (Wildman–Crippen LogP) is 2.43. The number of hydrogen-bond donors (Lipinski definition) is 1. The Labute approximate surface area is 166 Å². The molecule has 6 nitrogen and oxygen atoms in total. The lowest BCUT2D eigenvalue weighted by Gasteiger charge is -2.34. The van der Waals surface area contributed by atoms with E-state index in [1.165, 1.54) is 5.56 Å². The summed E-state index contributed by atoms with van der Waals surface area (Å²) in [6.07, 6.45) is 0. The topological polar surface area (TPSA) is 65.5 Å². The van der Waals surface area contributed by atoms with Crippen molar-refractivity contribution < 1.29 is 9.59 Å². The van der Waals surface area contributed by atoms with E-state index in [0.29, 0.717) is 31.2 Å². The molecule has 0 bridgehead atoms. The summed E-state index contributed by atoms with van der Waals surface area (Å²) >= 11 is 0. The molecule has 0 atom stereocenters. The molecular weight excluding hydrogens is 352 g/mol. The van der Waals surface area contributed by atoms with Crippen molar-refractivity contribution in [3.63, 3.8) is 0 Å². The van der Waals surface area contributed by atoms with Gasteiger partial charge < -0.3 is 10.2 Å². The monoisotopic (exact) mass is 380 g/mol. The van der Waals surface area contributed by atoms with Crippen molar-refractivity contribution in [2.75, 3.05) is 32.7 Å². The first-order valence-electron chi connectivity index (χ1n) is 9.83. The maximum atomic E-state index is 12.8. The molecule has 2 aromatic rings. The van der Waals surface area contributed by atoms with Crippen LogP contribution in [0.25, 0.3) is 0 Å². The third-order valence-electron chi connectivity index (χ3n) is 4.78. The van der Waals surface area contributed by atoms with Crippen LogP contribution in [-0.4, -0.2) is 59.3 Å². The minimum absolute atomic E-state index is 0.113. The van der Waals surface area contributed by atoms with Crippen LogP contribution in [0.3, 0.4) is 0 Å². The van der Waals surface area contributed by atoms with Crippen LogP contribution >= 0.6 is 0 Å². The summed E-state index contributed by atoms with van der Waals surface area (Å²) in [7, 11) is 0. The highest BCUT2D eigenvalue weighted by Crippen LogP contribution is 2.11. The van der Waals surface area contributed by atoms with Crippen LogP contribution in [0.5, 0.6) is 0 Å². The molecule has 1 fully saturated rings. The molecule has 1 aromatic carbocycles. The molecule has 148 valence electrons. The van der Waals surface area contributed by atoms with Crippen molar-refractivity contribution in [2.24, 2.45) is 5.92 Å². The van der Waals surface area contributed by atoms with E-state index in [1.807, 2.05) is 36.9 Å². The molecule has 1 aliphatic heterocycles. The summed E-state index contributed by atoms with van der Waals surface area (Å²) in [5, 5.41) is 2.84. The number of nitrogens with zero attached hydrogens (tertiary/aromatic N) is 3. The number of rotatable bonds is 6. The Bertz CT molecular complexity index is 799. The molecule has 1 N–H and O–H groups in total. The van der Waals surface area contributed by atoms with Crippen LogP contribution in [-0.2, 0) is 6.54 Å².